The van der Waals surface area contributed by atoms with Crippen LogP contribution in [0.1, 0.15) is 5.56 Å². The molecule has 3 N–H and O–H groups in total. The van der Waals surface area contributed by atoms with Gasteiger partial charge in [-0.1, -0.05) is 24.3 Å². The van der Waals surface area contributed by atoms with E-state index >= 15 is 0 Å². The third-order valence-electron chi connectivity index (χ3n) is 4.54. The SMILES string of the molecule is CS(=O)(=O)NC1=C(O)C=CC(F)C(C(=O)Nc2ccc(-c3ccc(C(F)(F)F)cc3)cc2)=C1. The number of halogens is 4. The molecule has 1 unspecified atom stereocenters. The Morgan fingerprint density at radius 1 is 1.00 bits per heavy atom. The predicted octanol–water partition coefficient (Wildman–Crippen LogP) is 4.46. The van der Waals surface area contributed by atoms with Crippen LogP contribution in [-0.4, -0.2) is 31.9 Å². The molecule has 2 aromatic rings. The van der Waals surface area contributed by atoms with Crippen molar-refractivity contribution in [3.8, 4) is 11.1 Å². The second-order valence-corrected chi connectivity index (χ2v) is 8.89. The summed E-state index contributed by atoms with van der Waals surface area (Å²) in [6.45, 7) is 0. The zero-order chi connectivity index (χ0) is 24.4. The Hall–Kier alpha value is -3.60. The lowest BCUT2D eigenvalue weighted by Gasteiger charge is -2.12. The van der Waals surface area contributed by atoms with Crippen LogP contribution in [0.15, 0.2) is 83.8 Å². The van der Waals surface area contributed by atoms with E-state index in [1.807, 2.05) is 4.72 Å². The Bertz CT molecular complexity index is 1250. The number of alkyl halides is 4. The summed E-state index contributed by atoms with van der Waals surface area (Å²) in [5.41, 5.74) is -0.202. The topological polar surface area (TPSA) is 95.5 Å². The largest absolute Gasteiger partial charge is 0.506 e. The number of benzene rings is 2. The van der Waals surface area contributed by atoms with Crippen molar-refractivity contribution in [3.63, 3.8) is 0 Å². The van der Waals surface area contributed by atoms with Crippen LogP contribution >= 0.6 is 0 Å². The maximum atomic E-state index is 14.4. The van der Waals surface area contributed by atoms with Crippen molar-refractivity contribution in [1.82, 2.24) is 4.72 Å². The summed E-state index contributed by atoms with van der Waals surface area (Å²) < 4.78 is 77.5. The van der Waals surface area contributed by atoms with Gasteiger partial charge in [-0.05, 0) is 53.6 Å². The first-order valence-corrected chi connectivity index (χ1v) is 11.3. The highest BCUT2D eigenvalue weighted by atomic mass is 32.2. The first-order valence-electron chi connectivity index (χ1n) is 9.37. The van der Waals surface area contributed by atoms with Crippen molar-refractivity contribution in [2.45, 2.75) is 12.3 Å². The van der Waals surface area contributed by atoms with E-state index < -0.39 is 45.2 Å². The molecule has 0 fully saturated rings. The molecule has 0 aromatic heterocycles. The minimum absolute atomic E-state index is 0.266. The fourth-order valence-corrected chi connectivity index (χ4v) is 3.51. The number of carbonyl (C=O) groups is 1. The monoisotopic (exact) mass is 482 g/mol. The van der Waals surface area contributed by atoms with Gasteiger partial charge in [0.15, 0.2) is 0 Å². The number of carbonyl (C=O) groups excluding carboxylic acids is 1. The molecular weight excluding hydrogens is 464 g/mol. The third-order valence-corrected chi connectivity index (χ3v) is 5.13. The summed E-state index contributed by atoms with van der Waals surface area (Å²) in [5.74, 6) is -1.44. The highest BCUT2D eigenvalue weighted by Crippen LogP contribution is 2.31. The number of allylic oxidation sites excluding steroid dienone is 3. The van der Waals surface area contributed by atoms with Crippen LogP contribution in [0.4, 0.5) is 23.2 Å². The highest BCUT2D eigenvalue weighted by Gasteiger charge is 2.30. The number of anilines is 1. The standard InChI is InChI=1S/C22H18F4N2O4S/c1-33(31,32)28-19-12-17(18(23)10-11-20(19)29)21(30)27-16-8-4-14(5-9-16)13-2-6-15(7-3-13)22(24,25)26/h2-12,18,28-29H,1H3,(H,27,30). The van der Waals surface area contributed by atoms with E-state index in [2.05, 4.69) is 5.32 Å². The van der Waals surface area contributed by atoms with E-state index in [1.54, 1.807) is 12.1 Å². The van der Waals surface area contributed by atoms with Gasteiger partial charge in [0.2, 0.25) is 10.0 Å². The van der Waals surface area contributed by atoms with Gasteiger partial charge in [-0.25, -0.2) is 12.8 Å². The molecule has 2 aromatic carbocycles. The van der Waals surface area contributed by atoms with E-state index in [-0.39, 0.29) is 11.4 Å². The van der Waals surface area contributed by atoms with E-state index in [0.29, 0.717) is 11.1 Å². The van der Waals surface area contributed by atoms with Crippen LogP contribution in [0.3, 0.4) is 0 Å². The zero-order valence-corrected chi connectivity index (χ0v) is 17.8. The van der Waals surface area contributed by atoms with Crippen molar-refractivity contribution < 1.29 is 35.9 Å². The van der Waals surface area contributed by atoms with E-state index in [1.165, 1.54) is 24.3 Å². The van der Waals surface area contributed by atoms with Gasteiger partial charge in [-0.2, -0.15) is 13.2 Å². The molecule has 0 bridgehead atoms. The molecular formula is C22H18F4N2O4S. The summed E-state index contributed by atoms with van der Waals surface area (Å²) in [6.07, 6.45) is -2.80. The molecule has 11 heteroatoms. The van der Waals surface area contributed by atoms with E-state index in [4.69, 9.17) is 0 Å². The number of amides is 1. The Balaban J connectivity index is 1.78. The van der Waals surface area contributed by atoms with Crippen molar-refractivity contribution in [2.24, 2.45) is 0 Å². The van der Waals surface area contributed by atoms with Crippen LogP contribution in [0.5, 0.6) is 0 Å². The van der Waals surface area contributed by atoms with Crippen molar-refractivity contribution in [3.05, 3.63) is 89.4 Å². The Morgan fingerprint density at radius 2 is 1.55 bits per heavy atom. The molecule has 33 heavy (non-hydrogen) atoms. The molecule has 0 saturated carbocycles. The Kier molecular flexibility index (Phi) is 6.63. The highest BCUT2D eigenvalue weighted by molar-refractivity contribution is 7.88. The molecule has 0 heterocycles. The summed E-state index contributed by atoms with van der Waals surface area (Å²) >= 11 is 0. The number of sulfonamides is 1. The van der Waals surface area contributed by atoms with Gasteiger partial charge in [0, 0.05) is 5.69 Å². The van der Waals surface area contributed by atoms with Gasteiger partial charge in [-0.3, -0.25) is 9.52 Å². The average molecular weight is 482 g/mol. The van der Waals surface area contributed by atoms with Crippen LogP contribution in [0.2, 0.25) is 0 Å². The van der Waals surface area contributed by atoms with Crippen LogP contribution in [0, 0.1) is 0 Å². The zero-order valence-electron chi connectivity index (χ0n) is 17.0. The fraction of sp³-hybridized carbons (Fsp3) is 0.136. The molecule has 1 aliphatic rings. The number of rotatable bonds is 5. The molecule has 0 saturated heterocycles. The van der Waals surface area contributed by atoms with Gasteiger partial charge in [0.1, 0.15) is 11.9 Å². The molecule has 3 rings (SSSR count). The number of aliphatic hydroxyl groups is 1. The molecule has 0 spiro atoms. The van der Waals surface area contributed by atoms with Crippen LogP contribution in [-0.2, 0) is 21.0 Å². The first kappa shape index (κ1) is 24.1. The first-order chi connectivity index (χ1) is 15.3. The second-order valence-electron chi connectivity index (χ2n) is 7.14. The van der Waals surface area contributed by atoms with E-state index in [0.717, 1.165) is 36.6 Å². The molecule has 1 atom stereocenters. The lowest BCUT2D eigenvalue weighted by Crippen LogP contribution is -2.24. The minimum atomic E-state index is -4.44. The second kappa shape index (κ2) is 9.10. The molecule has 0 radical (unpaired) electrons. The predicted molar refractivity (Wildman–Crippen MR) is 115 cm³/mol. The van der Waals surface area contributed by atoms with Crippen LogP contribution < -0.4 is 10.0 Å². The number of hydrogen-bond donors (Lipinski definition) is 3. The molecule has 0 aliphatic heterocycles. The van der Waals surface area contributed by atoms with Crippen molar-refractivity contribution in [2.75, 3.05) is 11.6 Å². The van der Waals surface area contributed by atoms with Gasteiger partial charge < -0.3 is 10.4 Å². The van der Waals surface area contributed by atoms with Gasteiger partial charge in [0.05, 0.1) is 23.1 Å². The third kappa shape index (κ3) is 6.22. The summed E-state index contributed by atoms with van der Waals surface area (Å²) in [7, 11) is -3.80. The van der Waals surface area contributed by atoms with Crippen molar-refractivity contribution in [1.29, 1.82) is 0 Å². The van der Waals surface area contributed by atoms with Crippen molar-refractivity contribution >= 4 is 21.6 Å². The van der Waals surface area contributed by atoms with Gasteiger partial charge in [-0.15, -0.1) is 0 Å². The maximum absolute atomic E-state index is 14.4. The number of nitrogens with one attached hydrogen (secondary N) is 2. The quantitative estimate of drug-likeness (QED) is 0.549. The Labute approximate surface area is 187 Å². The van der Waals surface area contributed by atoms with E-state index in [9.17, 15) is 35.9 Å². The molecule has 6 nitrogen and oxygen atoms in total. The molecule has 174 valence electrons. The average Bonchev–Trinajstić information content (AvgIpc) is 2.86. The lowest BCUT2D eigenvalue weighted by molar-refractivity contribution is -0.137. The maximum Gasteiger partial charge on any atom is 0.416 e. The number of aliphatic hydroxyl groups excluding tert-OH is 1. The number of hydrogen-bond acceptors (Lipinski definition) is 4. The minimum Gasteiger partial charge on any atom is -0.506 e. The lowest BCUT2D eigenvalue weighted by atomic mass is 10.0. The van der Waals surface area contributed by atoms with Gasteiger partial charge in [0.25, 0.3) is 5.91 Å². The Morgan fingerprint density at radius 3 is 2.06 bits per heavy atom. The van der Waals surface area contributed by atoms with Crippen LogP contribution in [0.25, 0.3) is 11.1 Å². The molecule has 1 aliphatic carbocycles. The fourth-order valence-electron chi connectivity index (χ4n) is 2.95. The normalized spacial score (nSPS) is 16.8. The summed E-state index contributed by atoms with van der Waals surface area (Å²) in [5, 5.41) is 12.3. The van der Waals surface area contributed by atoms with Gasteiger partial charge >= 0.3 is 6.18 Å². The smallest absolute Gasteiger partial charge is 0.416 e. The summed E-state index contributed by atoms with van der Waals surface area (Å²) in [6, 6.07) is 10.7. The summed E-state index contributed by atoms with van der Waals surface area (Å²) in [4.78, 5) is 12.6. The molecule has 1 amide bonds.